The quantitative estimate of drug-likeness (QED) is 0.777. The summed E-state index contributed by atoms with van der Waals surface area (Å²) in [5, 5.41) is 3.21. The van der Waals surface area contributed by atoms with E-state index in [2.05, 4.69) is 20.1 Å². The van der Waals surface area contributed by atoms with Crippen molar-refractivity contribution in [2.24, 2.45) is 7.05 Å². The van der Waals surface area contributed by atoms with E-state index in [0.717, 1.165) is 11.8 Å². The van der Waals surface area contributed by atoms with Gasteiger partial charge >= 0.3 is 11.1 Å². The maximum absolute atomic E-state index is 11.1. The average Bonchev–Trinajstić information content (AvgIpc) is 2.29. The minimum atomic E-state index is -0.856. The highest BCUT2D eigenvalue weighted by atomic mass is 35.5. The van der Waals surface area contributed by atoms with Crippen LogP contribution in [0.15, 0.2) is 32.2 Å². The van der Waals surface area contributed by atoms with Crippen LogP contribution in [0.2, 0.25) is 5.15 Å². The molecule has 0 atom stereocenters. The Kier molecular flexibility index (Phi) is 3.25. The van der Waals surface area contributed by atoms with Crippen LogP contribution < -0.4 is 11.1 Å². The van der Waals surface area contributed by atoms with Gasteiger partial charge in [-0.05, 0) is 11.8 Å². The molecule has 0 spiro atoms. The molecule has 2 aromatic rings. The molecule has 17 heavy (non-hydrogen) atoms. The summed E-state index contributed by atoms with van der Waals surface area (Å²) >= 11 is 6.86. The van der Waals surface area contributed by atoms with Crippen LogP contribution in [0.3, 0.4) is 0 Å². The summed E-state index contributed by atoms with van der Waals surface area (Å²) in [6.45, 7) is 0. The third kappa shape index (κ3) is 2.53. The second kappa shape index (κ2) is 4.68. The number of rotatable bonds is 2. The van der Waals surface area contributed by atoms with Gasteiger partial charge in [-0.25, -0.2) is 9.97 Å². The lowest BCUT2D eigenvalue weighted by atomic mass is 10.8. The van der Waals surface area contributed by atoms with E-state index < -0.39 is 11.1 Å². The summed E-state index contributed by atoms with van der Waals surface area (Å²) in [4.78, 5) is 33.6. The molecule has 0 fully saturated rings. The predicted octanol–water partition coefficient (Wildman–Crippen LogP) is 0.0632. The molecule has 0 aromatic carbocycles. The zero-order chi connectivity index (χ0) is 12.4. The molecule has 0 bridgehead atoms. The standard InChI is InChI=1S/C8H6ClN5O2S/c1-14-8(12-5(15)6(16)13-14)17-7-4(9)10-2-3-11-7/h2-3H,1H3,(H,13,16). The molecule has 0 amide bonds. The molecule has 0 unspecified atom stereocenters. The highest BCUT2D eigenvalue weighted by Crippen LogP contribution is 2.26. The topological polar surface area (TPSA) is 93.5 Å². The lowest BCUT2D eigenvalue weighted by molar-refractivity contribution is 0.596. The number of halogens is 1. The summed E-state index contributed by atoms with van der Waals surface area (Å²) in [7, 11) is 1.56. The Morgan fingerprint density at radius 3 is 2.76 bits per heavy atom. The molecule has 0 radical (unpaired) electrons. The molecule has 0 saturated carbocycles. The summed E-state index contributed by atoms with van der Waals surface area (Å²) < 4.78 is 1.32. The molecule has 7 nitrogen and oxygen atoms in total. The highest BCUT2D eigenvalue weighted by Gasteiger charge is 2.10. The average molecular weight is 272 g/mol. The number of hydrogen-bond acceptors (Lipinski definition) is 6. The SMILES string of the molecule is Cn1[nH]c(=O)c(=O)nc1Sc1nccnc1Cl. The van der Waals surface area contributed by atoms with Crippen LogP contribution in [0.25, 0.3) is 0 Å². The summed E-state index contributed by atoms with van der Waals surface area (Å²) in [5.41, 5.74) is -1.63. The van der Waals surface area contributed by atoms with E-state index in [1.807, 2.05) is 0 Å². The van der Waals surface area contributed by atoms with Crippen molar-refractivity contribution in [3.05, 3.63) is 38.3 Å². The minimum absolute atomic E-state index is 0.206. The first-order chi connectivity index (χ1) is 8.08. The molecule has 2 heterocycles. The highest BCUT2D eigenvalue weighted by molar-refractivity contribution is 7.99. The van der Waals surface area contributed by atoms with Gasteiger partial charge in [0.25, 0.3) is 0 Å². The van der Waals surface area contributed by atoms with Crippen molar-refractivity contribution in [2.75, 3.05) is 0 Å². The summed E-state index contributed by atoms with van der Waals surface area (Å²) in [6, 6.07) is 0. The van der Waals surface area contributed by atoms with E-state index in [0.29, 0.717) is 5.03 Å². The van der Waals surface area contributed by atoms with E-state index >= 15 is 0 Å². The number of nitrogens with zero attached hydrogens (tertiary/aromatic N) is 4. The molecule has 9 heteroatoms. The zero-order valence-corrected chi connectivity index (χ0v) is 10.1. The first-order valence-electron chi connectivity index (χ1n) is 4.39. The molecule has 88 valence electrons. The maximum atomic E-state index is 11.1. The monoisotopic (exact) mass is 271 g/mol. The second-order valence-electron chi connectivity index (χ2n) is 2.95. The number of H-pyrrole nitrogens is 1. The van der Waals surface area contributed by atoms with Crippen LogP contribution in [0.4, 0.5) is 0 Å². The van der Waals surface area contributed by atoms with Crippen molar-refractivity contribution in [1.29, 1.82) is 0 Å². The van der Waals surface area contributed by atoms with Gasteiger partial charge in [-0.2, -0.15) is 4.98 Å². The van der Waals surface area contributed by atoms with Crippen molar-refractivity contribution in [3.8, 4) is 0 Å². The number of aromatic amines is 1. The predicted molar refractivity (Wildman–Crippen MR) is 61.3 cm³/mol. The van der Waals surface area contributed by atoms with Gasteiger partial charge in [0.1, 0.15) is 5.03 Å². The van der Waals surface area contributed by atoms with Gasteiger partial charge in [-0.3, -0.25) is 19.4 Å². The fourth-order valence-electron chi connectivity index (χ4n) is 1.02. The minimum Gasteiger partial charge on any atom is -0.265 e. The molecule has 0 aliphatic rings. The molecular weight excluding hydrogens is 266 g/mol. The Morgan fingerprint density at radius 1 is 1.35 bits per heavy atom. The van der Waals surface area contributed by atoms with Crippen LogP contribution in [0, 0.1) is 0 Å². The van der Waals surface area contributed by atoms with Crippen LogP contribution in [-0.2, 0) is 7.05 Å². The summed E-state index contributed by atoms with van der Waals surface area (Å²) in [6.07, 6.45) is 2.92. The van der Waals surface area contributed by atoms with Crippen LogP contribution in [0.1, 0.15) is 0 Å². The molecular formula is C8H6ClN5O2S. The van der Waals surface area contributed by atoms with E-state index in [1.165, 1.54) is 17.1 Å². The molecule has 0 aliphatic carbocycles. The van der Waals surface area contributed by atoms with Gasteiger partial charge in [0, 0.05) is 19.4 Å². The molecule has 2 rings (SSSR count). The summed E-state index contributed by atoms with van der Waals surface area (Å²) in [5.74, 6) is 0. The number of aromatic nitrogens is 5. The largest absolute Gasteiger partial charge is 0.339 e. The van der Waals surface area contributed by atoms with Crippen molar-refractivity contribution in [2.45, 2.75) is 10.2 Å². The third-order valence-electron chi connectivity index (χ3n) is 1.76. The van der Waals surface area contributed by atoms with Crippen LogP contribution in [-0.4, -0.2) is 24.7 Å². The molecule has 0 saturated heterocycles. The van der Waals surface area contributed by atoms with Gasteiger partial charge in [0.2, 0.25) is 0 Å². The van der Waals surface area contributed by atoms with Crippen molar-refractivity contribution in [3.63, 3.8) is 0 Å². The Hall–Kier alpha value is -1.67. The number of nitrogens with one attached hydrogen (secondary N) is 1. The Morgan fingerprint density at radius 2 is 2.06 bits per heavy atom. The Balaban J connectivity index is 2.44. The van der Waals surface area contributed by atoms with E-state index in [9.17, 15) is 9.59 Å². The van der Waals surface area contributed by atoms with Crippen molar-refractivity contribution >= 4 is 23.4 Å². The lowest BCUT2D eigenvalue weighted by Crippen LogP contribution is -2.33. The Labute approximate surface area is 104 Å². The van der Waals surface area contributed by atoms with Gasteiger partial charge in [0.05, 0.1) is 0 Å². The Bertz CT molecular complexity index is 667. The molecule has 1 N–H and O–H groups in total. The van der Waals surface area contributed by atoms with Gasteiger partial charge < -0.3 is 0 Å². The smallest absolute Gasteiger partial charge is 0.265 e. The van der Waals surface area contributed by atoms with Gasteiger partial charge in [0.15, 0.2) is 10.3 Å². The van der Waals surface area contributed by atoms with Crippen molar-refractivity contribution in [1.82, 2.24) is 24.7 Å². The normalized spacial score (nSPS) is 10.5. The first kappa shape index (κ1) is 11.8. The van der Waals surface area contributed by atoms with Crippen LogP contribution in [0.5, 0.6) is 0 Å². The second-order valence-corrected chi connectivity index (χ2v) is 4.27. The maximum Gasteiger partial charge on any atom is 0.339 e. The van der Waals surface area contributed by atoms with E-state index in [1.54, 1.807) is 7.05 Å². The van der Waals surface area contributed by atoms with Crippen molar-refractivity contribution < 1.29 is 0 Å². The van der Waals surface area contributed by atoms with E-state index in [-0.39, 0.29) is 10.3 Å². The number of hydrogen-bond donors (Lipinski definition) is 1. The fourth-order valence-corrected chi connectivity index (χ4v) is 1.97. The van der Waals surface area contributed by atoms with Gasteiger partial charge in [-0.1, -0.05) is 11.6 Å². The molecule has 2 aromatic heterocycles. The van der Waals surface area contributed by atoms with Gasteiger partial charge in [-0.15, -0.1) is 0 Å². The van der Waals surface area contributed by atoms with Crippen LogP contribution >= 0.6 is 23.4 Å². The lowest BCUT2D eigenvalue weighted by Gasteiger charge is -2.05. The molecule has 0 aliphatic heterocycles. The first-order valence-corrected chi connectivity index (χ1v) is 5.59. The van der Waals surface area contributed by atoms with E-state index in [4.69, 9.17) is 11.6 Å². The number of aryl methyl sites for hydroxylation is 1. The fraction of sp³-hybridized carbons (Fsp3) is 0.125. The third-order valence-corrected chi connectivity index (χ3v) is 3.19. The zero-order valence-electron chi connectivity index (χ0n) is 8.55.